The third-order valence-electron chi connectivity index (χ3n) is 2.50. The van der Waals surface area contributed by atoms with Crippen LogP contribution in [0.25, 0.3) is 0 Å². The summed E-state index contributed by atoms with van der Waals surface area (Å²) in [6.45, 7) is 2.51. The Morgan fingerprint density at radius 3 is 3.12 bits per heavy atom. The maximum Gasteiger partial charge on any atom is 0.253 e. The van der Waals surface area contributed by atoms with Gasteiger partial charge in [0.15, 0.2) is 0 Å². The molecule has 1 atom stereocenters. The Hall–Kier alpha value is -1.13. The highest BCUT2D eigenvalue weighted by atomic mass is 35.5. The summed E-state index contributed by atoms with van der Waals surface area (Å²) in [5.41, 5.74) is 1.49. The number of carbonyl (C=O) groups is 1. The van der Waals surface area contributed by atoms with E-state index in [2.05, 4.69) is 10.3 Å². The number of rotatable bonds is 2. The number of amides is 1. The van der Waals surface area contributed by atoms with Gasteiger partial charge < -0.3 is 10.1 Å². The highest BCUT2D eigenvalue weighted by molar-refractivity contribution is 6.30. The Morgan fingerprint density at radius 2 is 2.50 bits per heavy atom. The van der Waals surface area contributed by atoms with Gasteiger partial charge >= 0.3 is 0 Å². The largest absolute Gasteiger partial charge is 0.368 e. The summed E-state index contributed by atoms with van der Waals surface area (Å²) in [7, 11) is 0. The van der Waals surface area contributed by atoms with Gasteiger partial charge in [-0.1, -0.05) is 11.6 Å². The van der Waals surface area contributed by atoms with Gasteiger partial charge in [0.25, 0.3) is 5.91 Å². The zero-order valence-electron chi connectivity index (χ0n) is 9.00. The van der Waals surface area contributed by atoms with E-state index in [4.69, 9.17) is 16.3 Å². The molecular formula is C11H13ClN2O2. The number of pyridine rings is 1. The van der Waals surface area contributed by atoms with Crippen molar-refractivity contribution < 1.29 is 9.53 Å². The highest BCUT2D eigenvalue weighted by Gasteiger charge is 2.23. The highest BCUT2D eigenvalue weighted by Crippen LogP contribution is 2.18. The topological polar surface area (TPSA) is 51.2 Å². The molecule has 4 nitrogen and oxygen atoms in total. The smallest absolute Gasteiger partial charge is 0.253 e. The van der Waals surface area contributed by atoms with Crippen molar-refractivity contribution in [1.82, 2.24) is 4.98 Å². The van der Waals surface area contributed by atoms with Crippen LogP contribution in [0.5, 0.6) is 0 Å². The van der Waals surface area contributed by atoms with Crippen molar-refractivity contribution in [2.24, 2.45) is 0 Å². The number of hydrogen-bond acceptors (Lipinski definition) is 3. The lowest BCUT2D eigenvalue weighted by Crippen LogP contribution is -2.26. The number of hydrogen-bond donors (Lipinski definition) is 1. The maximum absolute atomic E-state index is 11.7. The maximum atomic E-state index is 11.7. The molecule has 2 rings (SSSR count). The fourth-order valence-electron chi connectivity index (χ4n) is 1.63. The van der Waals surface area contributed by atoms with Crippen molar-refractivity contribution in [3.05, 3.63) is 23.0 Å². The molecule has 0 spiro atoms. The van der Waals surface area contributed by atoms with Gasteiger partial charge in [-0.3, -0.25) is 4.79 Å². The van der Waals surface area contributed by atoms with Gasteiger partial charge in [-0.2, -0.15) is 0 Å². The fraction of sp³-hybridized carbons (Fsp3) is 0.455. The number of anilines is 1. The molecule has 1 amide bonds. The van der Waals surface area contributed by atoms with Crippen LogP contribution in [0, 0.1) is 6.92 Å². The van der Waals surface area contributed by atoms with Crippen LogP contribution >= 0.6 is 11.6 Å². The molecule has 5 heteroatoms. The summed E-state index contributed by atoms with van der Waals surface area (Å²) in [6, 6.07) is 1.79. The Kier molecular flexibility index (Phi) is 3.41. The predicted molar refractivity (Wildman–Crippen MR) is 61.6 cm³/mol. The van der Waals surface area contributed by atoms with Crippen molar-refractivity contribution in [3.63, 3.8) is 0 Å². The number of nitrogens with zero attached hydrogens (tertiary/aromatic N) is 1. The number of aromatic nitrogens is 1. The average molecular weight is 241 g/mol. The minimum atomic E-state index is -0.323. The van der Waals surface area contributed by atoms with E-state index in [0.29, 0.717) is 17.4 Å². The minimum absolute atomic E-state index is 0.110. The summed E-state index contributed by atoms with van der Waals surface area (Å²) in [5.74, 6) is -0.110. The van der Waals surface area contributed by atoms with Crippen molar-refractivity contribution >= 4 is 23.2 Å². The molecule has 0 bridgehead atoms. The normalized spacial score (nSPS) is 19.8. The molecule has 0 aromatic carbocycles. The molecule has 2 heterocycles. The van der Waals surface area contributed by atoms with E-state index in [0.717, 1.165) is 18.4 Å². The first kappa shape index (κ1) is 11.4. The first-order valence-corrected chi connectivity index (χ1v) is 5.59. The summed E-state index contributed by atoms with van der Waals surface area (Å²) in [4.78, 5) is 15.7. The standard InChI is InChI=1S/C11H13ClN2O2/c1-7-5-8(6-13-10(7)12)14-11(15)9-3-2-4-16-9/h5-6,9H,2-4H2,1H3,(H,14,15). The molecule has 1 unspecified atom stereocenters. The number of carbonyl (C=O) groups excluding carboxylic acids is 1. The van der Waals surface area contributed by atoms with E-state index in [9.17, 15) is 4.79 Å². The zero-order chi connectivity index (χ0) is 11.5. The molecule has 1 aromatic rings. The van der Waals surface area contributed by atoms with Gasteiger partial charge in [-0.15, -0.1) is 0 Å². The molecular weight excluding hydrogens is 228 g/mol. The molecule has 0 saturated carbocycles. The molecule has 16 heavy (non-hydrogen) atoms. The quantitative estimate of drug-likeness (QED) is 0.806. The van der Waals surface area contributed by atoms with Crippen LogP contribution in [0.15, 0.2) is 12.3 Å². The van der Waals surface area contributed by atoms with E-state index >= 15 is 0 Å². The van der Waals surface area contributed by atoms with Crippen molar-refractivity contribution in [1.29, 1.82) is 0 Å². The van der Waals surface area contributed by atoms with Gasteiger partial charge in [0.1, 0.15) is 11.3 Å². The van der Waals surface area contributed by atoms with Gasteiger partial charge in [-0.05, 0) is 31.4 Å². The van der Waals surface area contributed by atoms with Crippen LogP contribution in [-0.2, 0) is 9.53 Å². The molecule has 1 aromatic heterocycles. The Balaban J connectivity index is 2.02. The van der Waals surface area contributed by atoms with Crippen LogP contribution in [0.3, 0.4) is 0 Å². The third kappa shape index (κ3) is 2.51. The number of aryl methyl sites for hydroxylation is 1. The van der Waals surface area contributed by atoms with Crippen LogP contribution in [0.1, 0.15) is 18.4 Å². The first-order valence-electron chi connectivity index (χ1n) is 5.21. The third-order valence-corrected chi connectivity index (χ3v) is 2.90. The van der Waals surface area contributed by atoms with Crippen LogP contribution in [-0.4, -0.2) is 23.6 Å². The van der Waals surface area contributed by atoms with Crippen molar-refractivity contribution in [2.45, 2.75) is 25.9 Å². The summed E-state index contributed by atoms with van der Waals surface area (Å²) in [5, 5.41) is 3.22. The predicted octanol–water partition coefficient (Wildman–Crippen LogP) is 2.16. The fourth-order valence-corrected chi connectivity index (χ4v) is 1.74. The van der Waals surface area contributed by atoms with Crippen molar-refractivity contribution in [2.75, 3.05) is 11.9 Å². The summed E-state index contributed by atoms with van der Waals surface area (Å²) >= 11 is 5.80. The molecule has 1 aliphatic rings. The van der Waals surface area contributed by atoms with E-state index in [1.807, 2.05) is 6.92 Å². The molecule has 0 radical (unpaired) electrons. The van der Waals surface area contributed by atoms with E-state index in [1.165, 1.54) is 0 Å². The van der Waals surface area contributed by atoms with Gasteiger partial charge in [0.2, 0.25) is 0 Å². The molecule has 0 aliphatic carbocycles. The van der Waals surface area contributed by atoms with Gasteiger partial charge in [0, 0.05) is 6.61 Å². The summed E-state index contributed by atoms with van der Waals surface area (Å²) < 4.78 is 5.28. The van der Waals surface area contributed by atoms with Crippen LogP contribution in [0.4, 0.5) is 5.69 Å². The monoisotopic (exact) mass is 240 g/mol. The number of nitrogens with one attached hydrogen (secondary N) is 1. The summed E-state index contributed by atoms with van der Waals surface area (Å²) in [6.07, 6.45) is 2.94. The molecule has 1 fully saturated rings. The van der Waals surface area contributed by atoms with Crippen LogP contribution < -0.4 is 5.32 Å². The number of halogens is 1. The van der Waals surface area contributed by atoms with Gasteiger partial charge in [-0.25, -0.2) is 4.98 Å². The average Bonchev–Trinajstić information content (AvgIpc) is 2.77. The Labute approximate surface area is 99.0 Å². The van der Waals surface area contributed by atoms with Crippen molar-refractivity contribution in [3.8, 4) is 0 Å². The SMILES string of the molecule is Cc1cc(NC(=O)C2CCCO2)cnc1Cl. The second-order valence-corrected chi connectivity index (χ2v) is 4.18. The first-order chi connectivity index (χ1) is 7.66. The molecule has 86 valence electrons. The van der Waals surface area contributed by atoms with E-state index in [1.54, 1.807) is 12.3 Å². The zero-order valence-corrected chi connectivity index (χ0v) is 9.75. The lowest BCUT2D eigenvalue weighted by molar-refractivity contribution is -0.124. The lowest BCUT2D eigenvalue weighted by Gasteiger charge is -2.10. The van der Waals surface area contributed by atoms with Gasteiger partial charge in [0.05, 0.1) is 11.9 Å². The lowest BCUT2D eigenvalue weighted by atomic mass is 10.2. The minimum Gasteiger partial charge on any atom is -0.368 e. The number of ether oxygens (including phenoxy) is 1. The molecule has 1 N–H and O–H groups in total. The molecule has 1 saturated heterocycles. The second-order valence-electron chi connectivity index (χ2n) is 3.82. The Bertz CT molecular complexity index is 403. The van der Waals surface area contributed by atoms with Crippen LogP contribution in [0.2, 0.25) is 5.15 Å². The molecule has 1 aliphatic heterocycles. The van der Waals surface area contributed by atoms with E-state index in [-0.39, 0.29) is 12.0 Å². The second kappa shape index (κ2) is 4.80. The van der Waals surface area contributed by atoms with E-state index < -0.39 is 0 Å². The Morgan fingerprint density at radius 1 is 1.69 bits per heavy atom.